The average Bonchev–Trinajstić information content (AvgIpc) is 2.68. The third kappa shape index (κ3) is 6.10. The molecule has 144 valence electrons. The van der Waals surface area contributed by atoms with Crippen LogP contribution in [0.2, 0.25) is 0 Å². The standard InChI is InChI=1S/C23H30N2O2/c1-18(2)21-10-12-22(13-11-21)24-23(26)27-17-20-9-6-14-25(16-20)15-19-7-4-3-5-8-19/h3-5,7-8,10-13,18,20H,6,9,14-17H2,1-2H3,(H,24,26). The second kappa shape index (κ2) is 9.56. The van der Waals surface area contributed by atoms with Crippen LogP contribution in [-0.2, 0) is 11.3 Å². The van der Waals surface area contributed by atoms with E-state index in [2.05, 4.69) is 48.3 Å². The van der Waals surface area contributed by atoms with E-state index in [1.54, 1.807) is 0 Å². The predicted octanol–water partition coefficient (Wildman–Crippen LogP) is 5.27. The fourth-order valence-electron chi connectivity index (χ4n) is 3.57. The Bertz CT molecular complexity index is 713. The summed E-state index contributed by atoms with van der Waals surface area (Å²) >= 11 is 0. The Morgan fingerprint density at radius 3 is 2.59 bits per heavy atom. The SMILES string of the molecule is CC(C)c1ccc(NC(=O)OCC2CCCN(Cc3ccccc3)C2)cc1. The maximum absolute atomic E-state index is 12.1. The van der Waals surface area contributed by atoms with Gasteiger partial charge in [-0.15, -0.1) is 0 Å². The van der Waals surface area contributed by atoms with Gasteiger partial charge in [-0.05, 0) is 48.6 Å². The highest BCUT2D eigenvalue weighted by molar-refractivity contribution is 5.84. The van der Waals surface area contributed by atoms with Gasteiger partial charge in [-0.3, -0.25) is 10.2 Å². The van der Waals surface area contributed by atoms with Gasteiger partial charge < -0.3 is 4.74 Å². The number of carbonyl (C=O) groups is 1. The highest BCUT2D eigenvalue weighted by atomic mass is 16.5. The fraction of sp³-hybridized carbons (Fsp3) is 0.435. The molecule has 1 saturated heterocycles. The van der Waals surface area contributed by atoms with Crippen molar-refractivity contribution in [3.8, 4) is 0 Å². The molecule has 27 heavy (non-hydrogen) atoms. The lowest BCUT2D eigenvalue weighted by Gasteiger charge is -2.32. The van der Waals surface area contributed by atoms with Crippen molar-refractivity contribution in [3.05, 3.63) is 65.7 Å². The van der Waals surface area contributed by atoms with Gasteiger partial charge >= 0.3 is 6.09 Å². The molecule has 1 aliphatic heterocycles. The van der Waals surface area contributed by atoms with Crippen LogP contribution < -0.4 is 5.32 Å². The number of benzene rings is 2. The Labute approximate surface area is 162 Å². The van der Waals surface area contributed by atoms with Crippen molar-refractivity contribution in [3.63, 3.8) is 0 Å². The number of amides is 1. The molecule has 0 bridgehead atoms. The maximum atomic E-state index is 12.1. The van der Waals surface area contributed by atoms with Crippen molar-refractivity contribution >= 4 is 11.8 Å². The van der Waals surface area contributed by atoms with Gasteiger partial charge in [0.2, 0.25) is 0 Å². The molecule has 1 aliphatic rings. The van der Waals surface area contributed by atoms with E-state index in [1.165, 1.54) is 11.1 Å². The Morgan fingerprint density at radius 1 is 1.15 bits per heavy atom. The molecule has 0 spiro atoms. The summed E-state index contributed by atoms with van der Waals surface area (Å²) in [4.78, 5) is 14.6. The van der Waals surface area contributed by atoms with Crippen molar-refractivity contribution in [2.24, 2.45) is 5.92 Å². The molecule has 1 unspecified atom stereocenters. The summed E-state index contributed by atoms with van der Waals surface area (Å²) < 4.78 is 5.48. The molecular weight excluding hydrogens is 336 g/mol. The van der Waals surface area contributed by atoms with Crippen molar-refractivity contribution in [1.29, 1.82) is 0 Å². The molecular formula is C23H30N2O2. The van der Waals surface area contributed by atoms with Crippen LogP contribution in [0.1, 0.15) is 43.7 Å². The highest BCUT2D eigenvalue weighted by Crippen LogP contribution is 2.20. The minimum absolute atomic E-state index is 0.368. The van der Waals surface area contributed by atoms with Crippen LogP contribution in [0.15, 0.2) is 54.6 Å². The van der Waals surface area contributed by atoms with E-state index < -0.39 is 0 Å². The van der Waals surface area contributed by atoms with Crippen LogP contribution in [-0.4, -0.2) is 30.7 Å². The Balaban J connectivity index is 1.42. The van der Waals surface area contributed by atoms with Crippen molar-refractivity contribution < 1.29 is 9.53 Å². The molecule has 1 N–H and O–H groups in total. The number of piperidine rings is 1. The molecule has 0 saturated carbocycles. The van der Waals surface area contributed by atoms with Gasteiger partial charge in [0.25, 0.3) is 0 Å². The number of likely N-dealkylation sites (tertiary alicyclic amines) is 1. The first kappa shape index (κ1) is 19.4. The Kier molecular flexibility index (Phi) is 6.88. The number of hydrogen-bond acceptors (Lipinski definition) is 3. The molecule has 0 radical (unpaired) electrons. The van der Waals surface area contributed by atoms with Crippen molar-refractivity contribution in [2.75, 3.05) is 25.0 Å². The molecule has 1 fully saturated rings. The lowest BCUT2D eigenvalue weighted by Crippen LogP contribution is -2.37. The van der Waals surface area contributed by atoms with Crippen LogP contribution in [0.3, 0.4) is 0 Å². The zero-order valence-corrected chi connectivity index (χ0v) is 16.4. The van der Waals surface area contributed by atoms with Crippen molar-refractivity contribution in [1.82, 2.24) is 4.90 Å². The predicted molar refractivity (Wildman–Crippen MR) is 110 cm³/mol. The van der Waals surface area contributed by atoms with Crippen LogP contribution >= 0.6 is 0 Å². The van der Waals surface area contributed by atoms with Crippen molar-refractivity contribution in [2.45, 2.75) is 39.2 Å². The zero-order valence-electron chi connectivity index (χ0n) is 16.4. The van der Waals surface area contributed by atoms with Gasteiger partial charge in [0.05, 0.1) is 6.61 Å². The first-order chi connectivity index (χ1) is 13.1. The number of carbonyl (C=O) groups excluding carboxylic acids is 1. The molecule has 1 heterocycles. The third-order valence-electron chi connectivity index (χ3n) is 5.13. The highest BCUT2D eigenvalue weighted by Gasteiger charge is 2.21. The minimum Gasteiger partial charge on any atom is -0.449 e. The second-order valence-electron chi connectivity index (χ2n) is 7.73. The quantitative estimate of drug-likeness (QED) is 0.757. The number of rotatable bonds is 6. The molecule has 0 aliphatic carbocycles. The van der Waals surface area contributed by atoms with Crippen LogP contribution in [0, 0.1) is 5.92 Å². The molecule has 1 atom stereocenters. The van der Waals surface area contributed by atoms with E-state index in [4.69, 9.17) is 4.74 Å². The molecule has 4 nitrogen and oxygen atoms in total. The molecule has 2 aromatic carbocycles. The van der Waals surface area contributed by atoms with Crippen LogP contribution in [0.4, 0.5) is 10.5 Å². The summed E-state index contributed by atoms with van der Waals surface area (Å²) in [5.74, 6) is 0.882. The summed E-state index contributed by atoms with van der Waals surface area (Å²) in [5.41, 5.74) is 3.37. The first-order valence-electron chi connectivity index (χ1n) is 9.90. The van der Waals surface area contributed by atoms with Gasteiger partial charge in [0.1, 0.15) is 0 Å². The van der Waals surface area contributed by atoms with Gasteiger partial charge in [-0.2, -0.15) is 0 Å². The smallest absolute Gasteiger partial charge is 0.411 e. The zero-order chi connectivity index (χ0) is 19.1. The largest absolute Gasteiger partial charge is 0.449 e. The Hall–Kier alpha value is -2.33. The maximum Gasteiger partial charge on any atom is 0.411 e. The van der Waals surface area contributed by atoms with Gasteiger partial charge in [-0.25, -0.2) is 4.79 Å². The number of anilines is 1. The number of nitrogens with one attached hydrogen (secondary N) is 1. The fourth-order valence-corrected chi connectivity index (χ4v) is 3.57. The summed E-state index contributed by atoms with van der Waals surface area (Å²) in [6, 6.07) is 18.5. The number of ether oxygens (including phenoxy) is 1. The van der Waals surface area contributed by atoms with Crippen LogP contribution in [0.5, 0.6) is 0 Å². The number of hydrogen-bond donors (Lipinski definition) is 1. The lowest BCUT2D eigenvalue weighted by atomic mass is 9.98. The second-order valence-corrected chi connectivity index (χ2v) is 7.73. The summed E-state index contributed by atoms with van der Waals surface area (Å²) in [5, 5.41) is 2.82. The van der Waals surface area contributed by atoms with Gasteiger partial charge in [0.15, 0.2) is 0 Å². The monoisotopic (exact) mass is 366 g/mol. The third-order valence-corrected chi connectivity index (χ3v) is 5.13. The van der Waals surface area contributed by atoms with E-state index in [1.807, 2.05) is 30.3 Å². The summed E-state index contributed by atoms with van der Waals surface area (Å²) in [6.45, 7) is 7.84. The molecule has 1 amide bonds. The first-order valence-corrected chi connectivity index (χ1v) is 9.90. The lowest BCUT2D eigenvalue weighted by molar-refractivity contribution is 0.0944. The summed E-state index contributed by atoms with van der Waals surface area (Å²) in [7, 11) is 0. The topological polar surface area (TPSA) is 41.6 Å². The van der Waals surface area contributed by atoms with E-state index in [0.717, 1.165) is 38.2 Å². The average molecular weight is 367 g/mol. The molecule has 4 heteroatoms. The summed E-state index contributed by atoms with van der Waals surface area (Å²) in [6.07, 6.45) is 1.90. The van der Waals surface area contributed by atoms with E-state index in [-0.39, 0.29) is 6.09 Å². The van der Waals surface area contributed by atoms with E-state index >= 15 is 0 Å². The molecule has 3 rings (SSSR count). The number of nitrogens with zero attached hydrogens (tertiary/aromatic N) is 1. The van der Waals surface area contributed by atoms with E-state index in [9.17, 15) is 4.79 Å². The molecule has 2 aromatic rings. The van der Waals surface area contributed by atoms with Gasteiger partial charge in [-0.1, -0.05) is 56.3 Å². The molecule has 0 aromatic heterocycles. The minimum atomic E-state index is -0.368. The Morgan fingerprint density at radius 2 is 1.89 bits per heavy atom. The van der Waals surface area contributed by atoms with Gasteiger partial charge in [0, 0.05) is 24.7 Å². The normalized spacial score (nSPS) is 17.7. The van der Waals surface area contributed by atoms with Crippen LogP contribution in [0.25, 0.3) is 0 Å². The van der Waals surface area contributed by atoms with E-state index in [0.29, 0.717) is 18.4 Å².